The first kappa shape index (κ1) is 30.5. The lowest BCUT2D eigenvalue weighted by Crippen LogP contribution is -2.63. The van der Waals surface area contributed by atoms with Crippen LogP contribution in [0.25, 0.3) is 0 Å². The highest BCUT2D eigenvalue weighted by Crippen LogP contribution is 2.27. The predicted molar refractivity (Wildman–Crippen MR) is 106 cm³/mol. The van der Waals surface area contributed by atoms with E-state index in [1.54, 1.807) is 0 Å². The monoisotopic (exact) mass is 510 g/mol. The molecule has 0 amide bonds. The quantitative estimate of drug-likeness (QED) is 0.105. The summed E-state index contributed by atoms with van der Waals surface area (Å²) in [5.74, 6) is 0. The molecule has 2 rings (SSSR count). The maximum absolute atomic E-state index is 9.93. The Balaban J connectivity index is 0.000000461. The number of aliphatic hydroxyl groups excluding tert-OH is 8. The van der Waals surface area contributed by atoms with Gasteiger partial charge in [-0.2, -0.15) is 8.42 Å². The Morgan fingerprint density at radius 1 is 0.727 bits per heavy atom. The van der Waals surface area contributed by atoms with E-state index in [2.05, 4.69) is 4.18 Å². The Hall–Kier alpha value is -0.570. The van der Waals surface area contributed by atoms with Gasteiger partial charge in [0.05, 0.1) is 19.8 Å². The van der Waals surface area contributed by atoms with Crippen LogP contribution in [-0.2, 0) is 28.8 Å². The lowest BCUT2D eigenvalue weighted by molar-refractivity contribution is -0.376. The molecule has 0 radical (unpaired) electrons. The third kappa shape index (κ3) is 9.19. The van der Waals surface area contributed by atoms with Crippen molar-refractivity contribution in [3.05, 3.63) is 0 Å². The van der Waals surface area contributed by atoms with Crippen molar-refractivity contribution in [2.24, 2.45) is 0 Å². The first-order valence-electron chi connectivity index (χ1n) is 10.3. The van der Waals surface area contributed by atoms with E-state index in [1.165, 1.54) is 0 Å². The lowest BCUT2D eigenvalue weighted by Gasteiger charge is -2.44. The smallest absolute Gasteiger partial charge is 0.394 e. The summed E-state index contributed by atoms with van der Waals surface area (Å²) in [4.78, 5) is 0. The highest BCUT2D eigenvalue weighted by molar-refractivity contribution is 7.80. The largest absolute Gasteiger partial charge is 0.397 e. The van der Waals surface area contributed by atoms with Crippen LogP contribution >= 0.6 is 0 Å². The average molecular weight is 511 g/mol. The fourth-order valence-electron chi connectivity index (χ4n) is 3.01. The van der Waals surface area contributed by atoms with E-state index in [-0.39, 0.29) is 6.61 Å². The Bertz CT molecular complexity index is 610. The van der Waals surface area contributed by atoms with Crippen molar-refractivity contribution >= 4 is 10.4 Å². The molecule has 198 valence electrons. The van der Waals surface area contributed by atoms with Gasteiger partial charge in [0, 0.05) is 0 Å². The van der Waals surface area contributed by atoms with Gasteiger partial charge in [0.2, 0.25) is 0 Å². The molecule has 2 fully saturated rings. The van der Waals surface area contributed by atoms with Crippen LogP contribution in [0.3, 0.4) is 0 Å². The molecule has 2 aliphatic heterocycles. The van der Waals surface area contributed by atoms with Crippen LogP contribution in [0.4, 0.5) is 0 Å². The van der Waals surface area contributed by atoms with E-state index in [4.69, 9.17) is 29.0 Å². The third-order valence-electron chi connectivity index (χ3n) is 4.95. The first-order valence-corrected chi connectivity index (χ1v) is 11.6. The van der Waals surface area contributed by atoms with Crippen molar-refractivity contribution in [2.75, 3.05) is 19.8 Å². The summed E-state index contributed by atoms with van der Waals surface area (Å²) in [7, 11) is -4.20. The van der Waals surface area contributed by atoms with E-state index < -0.39 is 85.0 Å². The van der Waals surface area contributed by atoms with Crippen LogP contribution in [-0.4, -0.2) is 135 Å². The average Bonchev–Trinajstić information content (AvgIpc) is 2.77. The number of unbranched alkanes of at least 4 members (excludes halogenated alkanes) is 2. The first-order chi connectivity index (χ1) is 15.4. The summed E-state index contributed by atoms with van der Waals surface area (Å²) in [6.45, 7) is 0.735. The van der Waals surface area contributed by atoms with E-state index in [9.17, 15) is 39.1 Å². The molecule has 9 N–H and O–H groups in total. The predicted octanol–water partition coefficient (Wildman–Crippen LogP) is -4.40. The number of ether oxygens (including phenoxy) is 3. The molecule has 10 atom stereocenters. The zero-order valence-corrected chi connectivity index (χ0v) is 18.7. The van der Waals surface area contributed by atoms with Gasteiger partial charge < -0.3 is 55.1 Å². The fraction of sp³-hybridized carbons (Fsp3) is 1.00. The van der Waals surface area contributed by atoms with Gasteiger partial charge in [-0.25, -0.2) is 4.18 Å². The SMILES string of the molecule is CCCCCOS(=O)(=O)O.OC[C@H]1O[C@H](O[C@H]2O[C@H](CO)[C@@H](O)[C@H](O)[C@H]2O)[C@H](O)[C@@H](O)[C@@H]1O. The molecule has 2 heterocycles. The molecule has 0 spiro atoms. The molecule has 2 saturated heterocycles. The summed E-state index contributed by atoms with van der Waals surface area (Å²) in [5.41, 5.74) is 0. The summed E-state index contributed by atoms with van der Waals surface area (Å²) >= 11 is 0. The molecule has 0 bridgehead atoms. The van der Waals surface area contributed by atoms with Crippen LogP contribution < -0.4 is 0 Å². The molecule has 2 aliphatic rings. The second-order valence-electron chi connectivity index (χ2n) is 7.49. The van der Waals surface area contributed by atoms with E-state index in [0.29, 0.717) is 6.42 Å². The molecule has 15 nitrogen and oxygen atoms in total. The standard InChI is InChI=1S/C12H22O11.C5H12O4S/c13-1-3-5(15)7(17)9(19)11(21-3)23-12-10(20)8(18)6(16)4(2-14)22-12;1-2-3-4-5-9-10(6,7)8/h3-20H,1-2H2;2-5H2,1H3,(H,6,7,8)/t3-,4-,5-,6-,7+,8+,9-,10-,11-,12-;/m1./s1. The second kappa shape index (κ2) is 14.1. The fourth-order valence-corrected chi connectivity index (χ4v) is 3.34. The molecule has 0 aliphatic carbocycles. The van der Waals surface area contributed by atoms with E-state index >= 15 is 0 Å². The highest BCUT2D eigenvalue weighted by atomic mass is 32.3. The second-order valence-corrected chi connectivity index (χ2v) is 8.58. The summed E-state index contributed by atoms with van der Waals surface area (Å²) < 4.78 is 47.3. The topological polar surface area (TPSA) is 253 Å². The van der Waals surface area contributed by atoms with Gasteiger partial charge in [-0.15, -0.1) is 0 Å². The van der Waals surface area contributed by atoms with Crippen LogP contribution in [0.1, 0.15) is 26.2 Å². The Morgan fingerprint density at radius 2 is 1.15 bits per heavy atom. The van der Waals surface area contributed by atoms with E-state index in [0.717, 1.165) is 12.8 Å². The lowest BCUT2D eigenvalue weighted by atomic mass is 9.98. The van der Waals surface area contributed by atoms with E-state index in [1.807, 2.05) is 6.92 Å². The molecule has 0 aromatic carbocycles. The normalized spacial score (nSPS) is 39.6. The molecule has 0 unspecified atom stereocenters. The zero-order chi connectivity index (χ0) is 25.3. The number of rotatable bonds is 9. The molecular formula is C17H34O15S. The van der Waals surface area contributed by atoms with Crippen LogP contribution in [0, 0.1) is 0 Å². The maximum atomic E-state index is 9.93. The Labute approximate surface area is 190 Å². The minimum Gasteiger partial charge on any atom is -0.394 e. The summed E-state index contributed by atoms with van der Waals surface area (Å²) in [6.07, 6.45) is -13.0. The molecular weight excluding hydrogens is 476 g/mol. The van der Waals surface area contributed by atoms with Crippen molar-refractivity contribution in [1.82, 2.24) is 0 Å². The van der Waals surface area contributed by atoms with Gasteiger partial charge in [-0.1, -0.05) is 19.8 Å². The number of aliphatic hydroxyl groups is 8. The molecule has 16 heteroatoms. The highest BCUT2D eigenvalue weighted by Gasteiger charge is 2.49. The molecule has 0 aromatic heterocycles. The Morgan fingerprint density at radius 3 is 1.48 bits per heavy atom. The van der Waals surface area contributed by atoms with Crippen LogP contribution in [0.2, 0.25) is 0 Å². The van der Waals surface area contributed by atoms with Crippen LogP contribution in [0.5, 0.6) is 0 Å². The molecule has 0 saturated carbocycles. The number of hydrogen-bond donors (Lipinski definition) is 9. The van der Waals surface area contributed by atoms with Gasteiger partial charge in [0.15, 0.2) is 12.6 Å². The van der Waals surface area contributed by atoms with Gasteiger partial charge in [-0.05, 0) is 6.42 Å². The molecule has 33 heavy (non-hydrogen) atoms. The minimum absolute atomic E-state index is 0.0761. The van der Waals surface area contributed by atoms with Gasteiger partial charge in [0.1, 0.15) is 48.8 Å². The van der Waals surface area contributed by atoms with Crippen molar-refractivity contribution < 1.29 is 72.2 Å². The third-order valence-corrected chi connectivity index (χ3v) is 5.41. The van der Waals surface area contributed by atoms with Gasteiger partial charge in [0.25, 0.3) is 0 Å². The minimum atomic E-state index is -4.20. The van der Waals surface area contributed by atoms with Crippen molar-refractivity contribution in [1.29, 1.82) is 0 Å². The van der Waals surface area contributed by atoms with Crippen molar-refractivity contribution in [3.8, 4) is 0 Å². The zero-order valence-electron chi connectivity index (χ0n) is 17.9. The maximum Gasteiger partial charge on any atom is 0.397 e. The number of hydrogen-bond acceptors (Lipinski definition) is 14. The Kier molecular flexibility index (Phi) is 13.0. The van der Waals surface area contributed by atoms with Gasteiger partial charge in [-0.3, -0.25) is 4.55 Å². The summed E-state index contributed by atoms with van der Waals surface area (Å²) in [6, 6.07) is 0. The molecule has 0 aromatic rings. The van der Waals surface area contributed by atoms with Crippen LogP contribution in [0.15, 0.2) is 0 Å². The van der Waals surface area contributed by atoms with Crippen molar-refractivity contribution in [3.63, 3.8) is 0 Å². The van der Waals surface area contributed by atoms with Gasteiger partial charge >= 0.3 is 10.4 Å². The van der Waals surface area contributed by atoms with Crippen molar-refractivity contribution in [2.45, 2.75) is 87.6 Å². The summed E-state index contributed by atoms with van der Waals surface area (Å²) in [5, 5.41) is 76.4.